The first-order valence-corrected chi connectivity index (χ1v) is 10.7. The van der Waals surface area contributed by atoms with Gasteiger partial charge in [-0.2, -0.15) is 5.10 Å². The van der Waals surface area contributed by atoms with E-state index in [1.54, 1.807) is 12.1 Å². The second kappa shape index (κ2) is 7.56. The number of aromatic nitrogens is 3. The maximum absolute atomic E-state index is 12.3. The Labute approximate surface area is 159 Å². The van der Waals surface area contributed by atoms with Crippen molar-refractivity contribution in [2.45, 2.75) is 40.3 Å². The van der Waals surface area contributed by atoms with E-state index in [0.29, 0.717) is 17.3 Å². The van der Waals surface area contributed by atoms with Crippen molar-refractivity contribution < 1.29 is 12.9 Å². The summed E-state index contributed by atoms with van der Waals surface area (Å²) in [4.78, 5) is 0. The SMILES string of the molecule is CCCn1nc(N(Cc2cc(-c3ccc(C)cc3)no2)S(C)(=O)=O)cc1C. The van der Waals surface area contributed by atoms with Crippen LogP contribution in [-0.4, -0.2) is 29.6 Å². The molecule has 0 N–H and O–H groups in total. The molecule has 1 aromatic carbocycles. The molecule has 0 unspecified atom stereocenters. The highest BCUT2D eigenvalue weighted by molar-refractivity contribution is 7.92. The summed E-state index contributed by atoms with van der Waals surface area (Å²) in [6, 6.07) is 11.4. The van der Waals surface area contributed by atoms with Crippen LogP contribution < -0.4 is 4.31 Å². The molecule has 0 spiro atoms. The summed E-state index contributed by atoms with van der Waals surface area (Å²) in [6.45, 7) is 6.76. The van der Waals surface area contributed by atoms with Gasteiger partial charge in [0.2, 0.25) is 10.0 Å². The predicted octanol–water partition coefficient (Wildman–Crippen LogP) is 3.53. The van der Waals surface area contributed by atoms with Crippen molar-refractivity contribution in [2.24, 2.45) is 0 Å². The average Bonchev–Trinajstić information content (AvgIpc) is 3.20. The van der Waals surface area contributed by atoms with Crippen LogP contribution in [0.1, 0.15) is 30.4 Å². The molecule has 144 valence electrons. The van der Waals surface area contributed by atoms with E-state index in [9.17, 15) is 8.42 Å². The Bertz CT molecular complexity index is 1020. The van der Waals surface area contributed by atoms with Crippen molar-refractivity contribution in [3.63, 3.8) is 0 Å². The second-order valence-electron chi connectivity index (χ2n) is 6.68. The molecule has 2 aromatic heterocycles. The van der Waals surface area contributed by atoms with Crippen molar-refractivity contribution in [2.75, 3.05) is 10.6 Å². The quantitative estimate of drug-likeness (QED) is 0.618. The molecular weight excluding hydrogens is 364 g/mol. The smallest absolute Gasteiger partial charge is 0.233 e. The van der Waals surface area contributed by atoms with E-state index in [1.165, 1.54) is 10.6 Å². The Kier molecular flexibility index (Phi) is 5.36. The number of sulfonamides is 1. The van der Waals surface area contributed by atoms with Crippen molar-refractivity contribution in [3.8, 4) is 11.3 Å². The third kappa shape index (κ3) is 4.39. The van der Waals surface area contributed by atoms with Crippen molar-refractivity contribution in [1.82, 2.24) is 14.9 Å². The Morgan fingerprint density at radius 2 is 1.85 bits per heavy atom. The minimum atomic E-state index is -3.53. The van der Waals surface area contributed by atoms with Crippen LogP contribution in [0, 0.1) is 13.8 Å². The van der Waals surface area contributed by atoms with Gasteiger partial charge in [-0.15, -0.1) is 0 Å². The molecule has 8 heteroatoms. The minimum absolute atomic E-state index is 0.0419. The Morgan fingerprint density at radius 3 is 2.48 bits per heavy atom. The minimum Gasteiger partial charge on any atom is -0.359 e. The number of hydrogen-bond donors (Lipinski definition) is 0. The van der Waals surface area contributed by atoms with Gasteiger partial charge in [0, 0.05) is 29.9 Å². The molecule has 0 saturated heterocycles. The molecule has 0 aliphatic carbocycles. The van der Waals surface area contributed by atoms with Crippen LogP contribution in [0.15, 0.2) is 40.9 Å². The lowest BCUT2D eigenvalue weighted by Crippen LogP contribution is -2.29. The third-order valence-electron chi connectivity index (χ3n) is 4.27. The first-order chi connectivity index (χ1) is 12.8. The van der Waals surface area contributed by atoms with Crippen molar-refractivity contribution in [3.05, 3.63) is 53.4 Å². The number of nitrogens with zero attached hydrogens (tertiary/aromatic N) is 4. The molecule has 0 atom stereocenters. The molecule has 7 nitrogen and oxygen atoms in total. The van der Waals surface area contributed by atoms with Gasteiger partial charge in [0.1, 0.15) is 5.69 Å². The molecule has 0 amide bonds. The summed E-state index contributed by atoms with van der Waals surface area (Å²) >= 11 is 0. The Balaban J connectivity index is 1.88. The van der Waals surface area contributed by atoms with Crippen LogP contribution in [-0.2, 0) is 23.1 Å². The largest absolute Gasteiger partial charge is 0.359 e. The van der Waals surface area contributed by atoms with Crippen LogP contribution in [0.2, 0.25) is 0 Å². The van der Waals surface area contributed by atoms with Crippen LogP contribution in [0.4, 0.5) is 5.82 Å². The van der Waals surface area contributed by atoms with E-state index in [-0.39, 0.29) is 6.54 Å². The van der Waals surface area contributed by atoms with Gasteiger partial charge in [-0.1, -0.05) is 41.9 Å². The molecule has 0 fully saturated rings. The zero-order valence-electron chi connectivity index (χ0n) is 16.0. The molecule has 0 radical (unpaired) electrons. The first-order valence-electron chi connectivity index (χ1n) is 8.82. The van der Waals surface area contributed by atoms with Gasteiger partial charge < -0.3 is 4.52 Å². The number of hydrogen-bond acceptors (Lipinski definition) is 5. The zero-order chi connectivity index (χ0) is 19.6. The normalized spacial score (nSPS) is 11.7. The lowest BCUT2D eigenvalue weighted by atomic mass is 10.1. The van der Waals surface area contributed by atoms with E-state index in [1.807, 2.05) is 42.8 Å². The Morgan fingerprint density at radius 1 is 1.15 bits per heavy atom. The van der Waals surface area contributed by atoms with E-state index >= 15 is 0 Å². The molecule has 0 bridgehead atoms. The van der Waals surface area contributed by atoms with E-state index in [0.717, 1.165) is 29.8 Å². The summed E-state index contributed by atoms with van der Waals surface area (Å²) < 4.78 is 33.1. The monoisotopic (exact) mass is 388 g/mol. The highest BCUT2D eigenvalue weighted by Crippen LogP contribution is 2.24. The Hall–Kier alpha value is -2.61. The number of rotatable bonds is 7. The maximum atomic E-state index is 12.3. The van der Waals surface area contributed by atoms with Gasteiger partial charge in [0.15, 0.2) is 11.6 Å². The highest BCUT2D eigenvalue weighted by Gasteiger charge is 2.23. The molecule has 0 aliphatic rings. The molecule has 27 heavy (non-hydrogen) atoms. The number of aryl methyl sites for hydroxylation is 3. The van der Waals surface area contributed by atoms with Crippen molar-refractivity contribution in [1.29, 1.82) is 0 Å². The molecule has 2 heterocycles. The summed E-state index contributed by atoms with van der Waals surface area (Å²) in [7, 11) is -3.53. The summed E-state index contributed by atoms with van der Waals surface area (Å²) in [6.07, 6.45) is 2.08. The highest BCUT2D eigenvalue weighted by atomic mass is 32.2. The van der Waals surface area contributed by atoms with Gasteiger partial charge in [0.05, 0.1) is 12.8 Å². The average molecular weight is 388 g/mol. The molecular formula is C19H24N4O3S. The fourth-order valence-electron chi connectivity index (χ4n) is 2.81. The standard InChI is InChI=1S/C19H24N4O3S/c1-5-10-22-15(3)11-19(20-22)23(27(4,24)25)13-17-12-18(21-26-17)16-8-6-14(2)7-9-16/h6-9,11-12H,5,10,13H2,1-4H3. The maximum Gasteiger partial charge on any atom is 0.233 e. The predicted molar refractivity (Wildman–Crippen MR) is 105 cm³/mol. The lowest BCUT2D eigenvalue weighted by molar-refractivity contribution is 0.386. The van der Waals surface area contributed by atoms with Gasteiger partial charge in [0.25, 0.3) is 0 Å². The third-order valence-corrected chi connectivity index (χ3v) is 5.38. The zero-order valence-corrected chi connectivity index (χ0v) is 16.8. The fourth-order valence-corrected chi connectivity index (χ4v) is 3.60. The van der Waals surface area contributed by atoms with Crippen LogP contribution in [0.5, 0.6) is 0 Å². The summed E-state index contributed by atoms with van der Waals surface area (Å²) in [5.74, 6) is 0.843. The first kappa shape index (κ1) is 19.2. The summed E-state index contributed by atoms with van der Waals surface area (Å²) in [5.41, 5.74) is 3.66. The van der Waals surface area contributed by atoms with E-state index < -0.39 is 10.0 Å². The van der Waals surface area contributed by atoms with Gasteiger partial charge in [-0.25, -0.2) is 12.7 Å². The van der Waals surface area contributed by atoms with Gasteiger partial charge in [-0.05, 0) is 20.3 Å². The van der Waals surface area contributed by atoms with Gasteiger partial charge >= 0.3 is 0 Å². The summed E-state index contributed by atoms with van der Waals surface area (Å²) in [5, 5.41) is 8.51. The van der Waals surface area contributed by atoms with E-state index in [2.05, 4.69) is 17.2 Å². The topological polar surface area (TPSA) is 81.2 Å². The lowest BCUT2D eigenvalue weighted by Gasteiger charge is -2.17. The molecule has 0 saturated carbocycles. The molecule has 3 rings (SSSR count). The molecule has 0 aliphatic heterocycles. The van der Waals surface area contributed by atoms with Crippen LogP contribution in [0.25, 0.3) is 11.3 Å². The van der Waals surface area contributed by atoms with E-state index in [4.69, 9.17) is 4.52 Å². The molecule has 3 aromatic rings. The van der Waals surface area contributed by atoms with Crippen LogP contribution in [0.3, 0.4) is 0 Å². The second-order valence-corrected chi connectivity index (χ2v) is 8.59. The number of anilines is 1. The van der Waals surface area contributed by atoms with Gasteiger partial charge in [-0.3, -0.25) is 4.68 Å². The fraction of sp³-hybridized carbons (Fsp3) is 0.368. The van der Waals surface area contributed by atoms with Crippen molar-refractivity contribution >= 4 is 15.8 Å². The van der Waals surface area contributed by atoms with Crippen LogP contribution >= 0.6 is 0 Å². The number of benzene rings is 1.